The number of aryl methyl sites for hydroxylation is 1. The lowest BCUT2D eigenvalue weighted by atomic mass is 10.00. The first kappa shape index (κ1) is 19.7. The zero-order valence-corrected chi connectivity index (χ0v) is 17.3. The van der Waals surface area contributed by atoms with Crippen molar-refractivity contribution in [1.29, 1.82) is 0 Å². The smallest absolute Gasteiger partial charge is 0.362 e. The number of hydrogen-bond acceptors (Lipinski definition) is 4. The molecule has 0 saturated heterocycles. The van der Waals surface area contributed by atoms with Crippen LogP contribution in [0, 0.1) is 6.92 Å². The van der Waals surface area contributed by atoms with Crippen molar-refractivity contribution in [3.05, 3.63) is 65.0 Å². The van der Waals surface area contributed by atoms with E-state index < -0.39 is 6.05 Å². The van der Waals surface area contributed by atoms with Crippen LogP contribution in [0.5, 0.6) is 5.75 Å². The third-order valence-corrected chi connectivity index (χ3v) is 6.23. The highest BCUT2D eigenvalue weighted by molar-refractivity contribution is 8.00. The topological polar surface area (TPSA) is 12.5 Å². The van der Waals surface area contributed by atoms with Crippen molar-refractivity contribution in [3.8, 4) is 16.2 Å². The second-order valence-electron chi connectivity index (χ2n) is 5.72. The Hall–Kier alpha value is -2.05. The van der Waals surface area contributed by atoms with Crippen LogP contribution in [0.15, 0.2) is 59.5 Å². The second kappa shape index (κ2) is 7.90. The Labute approximate surface area is 166 Å². The molecular formula is C21H21F2NOS2. The maximum Gasteiger partial charge on any atom is 0.362 e. The number of halogens is 2. The summed E-state index contributed by atoms with van der Waals surface area (Å²) in [5, 5.41) is 0. The highest BCUT2D eigenvalue weighted by Crippen LogP contribution is 2.56. The normalized spacial score (nSPS) is 13.9. The SMILES string of the molecule is CC.COc1ccc(SN2c3cc(C)sc3-c3ccccc3C2(F)F)cc1. The van der Waals surface area contributed by atoms with Gasteiger partial charge in [-0.1, -0.05) is 38.1 Å². The van der Waals surface area contributed by atoms with Crippen LogP contribution >= 0.6 is 23.3 Å². The van der Waals surface area contributed by atoms with Gasteiger partial charge >= 0.3 is 6.05 Å². The van der Waals surface area contributed by atoms with E-state index in [2.05, 4.69) is 0 Å². The van der Waals surface area contributed by atoms with Gasteiger partial charge in [0.05, 0.1) is 23.2 Å². The van der Waals surface area contributed by atoms with Crippen LogP contribution in [0.1, 0.15) is 24.3 Å². The van der Waals surface area contributed by atoms with Gasteiger partial charge in [-0.25, -0.2) is 4.31 Å². The minimum absolute atomic E-state index is 0.0466. The number of thiophene rings is 1. The maximum atomic E-state index is 15.3. The van der Waals surface area contributed by atoms with Crippen molar-refractivity contribution in [2.24, 2.45) is 0 Å². The van der Waals surface area contributed by atoms with Gasteiger partial charge in [0.15, 0.2) is 0 Å². The summed E-state index contributed by atoms with van der Waals surface area (Å²) >= 11 is 2.59. The molecule has 2 nitrogen and oxygen atoms in total. The minimum atomic E-state index is -3.10. The maximum absolute atomic E-state index is 15.3. The molecule has 0 bridgehead atoms. The van der Waals surface area contributed by atoms with Crippen LogP contribution in [-0.4, -0.2) is 7.11 Å². The average molecular weight is 406 g/mol. The van der Waals surface area contributed by atoms with E-state index in [0.717, 1.165) is 30.9 Å². The second-order valence-corrected chi connectivity index (χ2v) is 7.99. The summed E-state index contributed by atoms with van der Waals surface area (Å²) in [4.78, 5) is 2.63. The number of anilines is 1. The molecule has 142 valence electrons. The van der Waals surface area contributed by atoms with Gasteiger partial charge in [0.25, 0.3) is 0 Å². The number of hydrogen-bond donors (Lipinski definition) is 0. The van der Waals surface area contributed by atoms with E-state index in [1.54, 1.807) is 60.9 Å². The molecule has 0 radical (unpaired) electrons. The highest BCUT2D eigenvalue weighted by atomic mass is 32.2. The van der Waals surface area contributed by atoms with Crippen molar-refractivity contribution in [2.75, 3.05) is 11.4 Å². The molecule has 2 heterocycles. The minimum Gasteiger partial charge on any atom is -0.497 e. The zero-order chi connectivity index (χ0) is 19.6. The van der Waals surface area contributed by atoms with E-state index >= 15 is 8.78 Å². The van der Waals surface area contributed by atoms with Crippen molar-refractivity contribution in [1.82, 2.24) is 0 Å². The van der Waals surface area contributed by atoms with Gasteiger partial charge in [0, 0.05) is 15.3 Å². The van der Waals surface area contributed by atoms with E-state index in [1.165, 1.54) is 6.07 Å². The molecule has 0 N–H and O–H groups in total. The van der Waals surface area contributed by atoms with Gasteiger partial charge in [-0.05, 0) is 49.2 Å². The molecule has 6 heteroatoms. The summed E-state index contributed by atoms with van der Waals surface area (Å²) in [6.45, 7) is 5.94. The van der Waals surface area contributed by atoms with Gasteiger partial charge in [0.2, 0.25) is 0 Å². The molecule has 0 saturated carbocycles. The Bertz CT molecular complexity index is 922. The lowest BCUT2D eigenvalue weighted by Gasteiger charge is -2.36. The Morgan fingerprint density at radius 3 is 2.37 bits per heavy atom. The fourth-order valence-electron chi connectivity index (χ4n) is 2.90. The average Bonchev–Trinajstić information content (AvgIpc) is 3.09. The number of nitrogens with zero attached hydrogens (tertiary/aromatic N) is 1. The van der Waals surface area contributed by atoms with E-state index in [1.807, 2.05) is 26.8 Å². The summed E-state index contributed by atoms with van der Waals surface area (Å²) in [5.41, 5.74) is 1.23. The summed E-state index contributed by atoms with van der Waals surface area (Å²) in [6.07, 6.45) is 0. The lowest BCUT2D eigenvalue weighted by molar-refractivity contribution is 0.0112. The molecule has 3 aromatic rings. The van der Waals surface area contributed by atoms with Gasteiger partial charge in [-0.2, -0.15) is 8.78 Å². The number of benzene rings is 2. The molecule has 2 aromatic carbocycles. The monoisotopic (exact) mass is 405 g/mol. The first-order chi connectivity index (χ1) is 13.0. The molecule has 1 aliphatic rings. The predicted octanol–water partition coefficient (Wildman–Crippen LogP) is 7.33. The van der Waals surface area contributed by atoms with Gasteiger partial charge in [-0.15, -0.1) is 11.3 Å². The predicted molar refractivity (Wildman–Crippen MR) is 111 cm³/mol. The molecule has 0 spiro atoms. The third-order valence-electron chi connectivity index (χ3n) is 4.06. The standard InChI is InChI=1S/C19H15F2NOS2.C2H6/c1-12-11-17-18(24-12)15-5-3-4-6-16(15)19(20,21)22(17)25-14-9-7-13(23-2)8-10-14;1-2/h3-11H,1-2H3;1-2H3. The zero-order valence-electron chi connectivity index (χ0n) is 15.6. The molecule has 0 fully saturated rings. The van der Waals surface area contributed by atoms with E-state index in [-0.39, 0.29) is 5.56 Å². The van der Waals surface area contributed by atoms with Crippen LogP contribution in [0.25, 0.3) is 10.4 Å². The molecule has 0 atom stereocenters. The number of methoxy groups -OCH3 is 1. The van der Waals surface area contributed by atoms with Crippen molar-refractivity contribution >= 4 is 29.0 Å². The molecule has 1 aliphatic heterocycles. The molecule has 1 aromatic heterocycles. The van der Waals surface area contributed by atoms with Crippen LogP contribution < -0.4 is 9.04 Å². The van der Waals surface area contributed by atoms with Crippen molar-refractivity contribution in [2.45, 2.75) is 31.7 Å². The van der Waals surface area contributed by atoms with Crippen molar-refractivity contribution in [3.63, 3.8) is 0 Å². The number of fused-ring (bicyclic) bond motifs is 3. The number of alkyl halides is 2. The summed E-state index contributed by atoms with van der Waals surface area (Å²) in [7, 11) is 1.58. The van der Waals surface area contributed by atoms with E-state index in [9.17, 15) is 0 Å². The fraction of sp³-hybridized carbons (Fsp3) is 0.238. The van der Waals surface area contributed by atoms with Gasteiger partial charge < -0.3 is 4.74 Å². The van der Waals surface area contributed by atoms with Gasteiger partial charge in [0.1, 0.15) is 5.75 Å². The Kier molecular flexibility index (Phi) is 5.77. The summed E-state index contributed by atoms with van der Waals surface area (Å²) < 4.78 is 36.8. The van der Waals surface area contributed by atoms with E-state index in [0.29, 0.717) is 17.0 Å². The van der Waals surface area contributed by atoms with Crippen LogP contribution in [-0.2, 0) is 6.05 Å². The molecule has 0 unspecified atom stereocenters. The largest absolute Gasteiger partial charge is 0.497 e. The quantitative estimate of drug-likeness (QED) is 0.334. The van der Waals surface area contributed by atoms with Crippen LogP contribution in [0.3, 0.4) is 0 Å². The number of rotatable bonds is 3. The van der Waals surface area contributed by atoms with E-state index in [4.69, 9.17) is 4.74 Å². The molecule has 27 heavy (non-hydrogen) atoms. The summed E-state index contributed by atoms with van der Waals surface area (Å²) in [5.74, 6) is 0.701. The Morgan fingerprint density at radius 2 is 1.70 bits per heavy atom. The molecule has 0 aliphatic carbocycles. The third kappa shape index (κ3) is 3.56. The Morgan fingerprint density at radius 1 is 1.04 bits per heavy atom. The lowest BCUT2D eigenvalue weighted by Crippen LogP contribution is -2.36. The van der Waals surface area contributed by atoms with Crippen LogP contribution in [0.4, 0.5) is 14.5 Å². The van der Waals surface area contributed by atoms with Crippen molar-refractivity contribution < 1.29 is 13.5 Å². The molecule has 4 rings (SSSR count). The number of ether oxygens (including phenoxy) is 1. The molecule has 0 amide bonds. The molecular weight excluding hydrogens is 384 g/mol. The fourth-order valence-corrected chi connectivity index (χ4v) is 4.91. The summed E-state index contributed by atoms with van der Waals surface area (Å²) in [6, 6.07) is 12.6. The van der Waals surface area contributed by atoms with Gasteiger partial charge in [-0.3, -0.25) is 0 Å². The van der Waals surface area contributed by atoms with Crippen LogP contribution in [0.2, 0.25) is 0 Å². The Balaban J connectivity index is 0.00000102. The highest BCUT2D eigenvalue weighted by Gasteiger charge is 2.47. The first-order valence-corrected chi connectivity index (χ1v) is 10.3. The first-order valence-electron chi connectivity index (χ1n) is 8.71.